The highest BCUT2D eigenvalue weighted by Crippen LogP contribution is 2.28. The maximum atomic E-state index is 10.9. The summed E-state index contributed by atoms with van der Waals surface area (Å²) in [4.78, 5) is 17.4. The molecule has 5 heteroatoms. The van der Waals surface area contributed by atoms with Crippen molar-refractivity contribution in [2.24, 2.45) is 5.73 Å². The van der Waals surface area contributed by atoms with Crippen LogP contribution in [0.1, 0.15) is 19.3 Å². The highest BCUT2D eigenvalue weighted by molar-refractivity contribution is 5.32. The molecular formula is C9H14N4O. The van der Waals surface area contributed by atoms with Crippen LogP contribution in [0.2, 0.25) is 0 Å². The first kappa shape index (κ1) is 9.21. The van der Waals surface area contributed by atoms with Gasteiger partial charge < -0.3 is 16.0 Å². The zero-order valence-electron chi connectivity index (χ0n) is 7.92. The van der Waals surface area contributed by atoms with Crippen molar-refractivity contribution in [1.29, 1.82) is 0 Å². The minimum absolute atomic E-state index is 0.0930. The normalized spacial score (nSPS) is 18.6. The Kier molecular flexibility index (Phi) is 2.25. The molecule has 1 aliphatic rings. The van der Waals surface area contributed by atoms with Crippen molar-refractivity contribution in [2.45, 2.75) is 24.8 Å². The van der Waals surface area contributed by atoms with E-state index in [1.807, 2.05) is 0 Å². The molecule has 1 aromatic rings. The Bertz CT molecular complexity index is 369. The average Bonchev–Trinajstić information content (AvgIpc) is 2.12. The summed E-state index contributed by atoms with van der Waals surface area (Å²) in [6, 6.07) is 1.43. The molecule has 0 aromatic carbocycles. The molecule has 14 heavy (non-hydrogen) atoms. The van der Waals surface area contributed by atoms with Crippen LogP contribution < -0.4 is 16.6 Å². The Labute approximate surface area is 81.7 Å². The molecule has 4 N–H and O–H groups in total. The van der Waals surface area contributed by atoms with Crippen molar-refractivity contribution in [2.75, 3.05) is 11.9 Å². The van der Waals surface area contributed by atoms with Crippen molar-refractivity contribution in [3.05, 3.63) is 22.7 Å². The van der Waals surface area contributed by atoms with E-state index in [4.69, 9.17) is 5.73 Å². The van der Waals surface area contributed by atoms with Crippen molar-refractivity contribution >= 4 is 5.82 Å². The third-order valence-electron chi connectivity index (χ3n) is 2.65. The molecule has 2 rings (SSSR count). The summed E-state index contributed by atoms with van der Waals surface area (Å²) in [7, 11) is 0. The molecule has 1 heterocycles. The molecule has 1 aromatic heterocycles. The van der Waals surface area contributed by atoms with Crippen LogP contribution in [0.3, 0.4) is 0 Å². The number of nitrogens with one attached hydrogen (secondary N) is 2. The lowest BCUT2D eigenvalue weighted by molar-refractivity contribution is 0.265. The quantitative estimate of drug-likeness (QED) is 0.635. The van der Waals surface area contributed by atoms with Gasteiger partial charge in [-0.15, -0.1) is 0 Å². The highest BCUT2D eigenvalue weighted by atomic mass is 16.1. The van der Waals surface area contributed by atoms with E-state index < -0.39 is 0 Å². The van der Waals surface area contributed by atoms with Crippen LogP contribution in [0.5, 0.6) is 0 Å². The molecule has 0 amide bonds. The maximum absolute atomic E-state index is 10.9. The van der Waals surface area contributed by atoms with E-state index in [2.05, 4.69) is 15.3 Å². The number of anilines is 1. The van der Waals surface area contributed by atoms with E-state index in [1.54, 1.807) is 0 Å². The first-order valence-electron chi connectivity index (χ1n) is 4.75. The van der Waals surface area contributed by atoms with Crippen molar-refractivity contribution in [3.8, 4) is 0 Å². The van der Waals surface area contributed by atoms with E-state index >= 15 is 0 Å². The number of nitrogens with zero attached hydrogens (tertiary/aromatic N) is 1. The summed E-state index contributed by atoms with van der Waals surface area (Å²) in [6.07, 6.45) is 4.67. The second kappa shape index (κ2) is 3.42. The van der Waals surface area contributed by atoms with Gasteiger partial charge in [-0.3, -0.25) is 4.79 Å². The minimum Gasteiger partial charge on any atom is -0.368 e. The zero-order valence-corrected chi connectivity index (χ0v) is 7.92. The van der Waals surface area contributed by atoms with Crippen molar-refractivity contribution < 1.29 is 0 Å². The molecule has 76 valence electrons. The number of nitrogens with two attached hydrogens (primary N) is 1. The van der Waals surface area contributed by atoms with Gasteiger partial charge in [-0.25, -0.2) is 4.98 Å². The summed E-state index contributed by atoms with van der Waals surface area (Å²) < 4.78 is 0. The van der Waals surface area contributed by atoms with E-state index in [0.717, 1.165) is 12.8 Å². The van der Waals surface area contributed by atoms with E-state index in [0.29, 0.717) is 12.4 Å². The van der Waals surface area contributed by atoms with Crippen LogP contribution in [0.25, 0.3) is 0 Å². The molecule has 0 saturated heterocycles. The molecule has 0 radical (unpaired) electrons. The van der Waals surface area contributed by atoms with Crippen LogP contribution in [0, 0.1) is 0 Å². The smallest absolute Gasteiger partial charge is 0.252 e. The Morgan fingerprint density at radius 1 is 1.64 bits per heavy atom. The molecule has 1 fully saturated rings. The second-order valence-corrected chi connectivity index (χ2v) is 3.87. The molecule has 5 nitrogen and oxygen atoms in total. The van der Waals surface area contributed by atoms with Crippen molar-refractivity contribution in [1.82, 2.24) is 9.97 Å². The number of H-pyrrole nitrogens is 1. The van der Waals surface area contributed by atoms with Gasteiger partial charge in [-0.2, -0.15) is 0 Å². The van der Waals surface area contributed by atoms with Gasteiger partial charge in [0.15, 0.2) is 0 Å². The monoisotopic (exact) mass is 194 g/mol. The predicted molar refractivity (Wildman–Crippen MR) is 54.1 cm³/mol. The van der Waals surface area contributed by atoms with Crippen LogP contribution in [0.4, 0.5) is 5.82 Å². The minimum atomic E-state index is -0.151. The molecule has 1 saturated carbocycles. The summed E-state index contributed by atoms with van der Waals surface area (Å²) in [5.41, 5.74) is 5.77. The number of rotatable bonds is 3. The number of hydrogen-bond acceptors (Lipinski definition) is 4. The maximum Gasteiger partial charge on any atom is 0.252 e. The van der Waals surface area contributed by atoms with Crippen LogP contribution >= 0.6 is 0 Å². The number of hydrogen-bond donors (Lipinski definition) is 3. The lowest BCUT2D eigenvalue weighted by Gasteiger charge is -2.38. The molecule has 0 aliphatic heterocycles. The highest BCUT2D eigenvalue weighted by Gasteiger charge is 2.32. The summed E-state index contributed by atoms with van der Waals surface area (Å²) >= 11 is 0. The molecule has 0 spiro atoms. The number of aromatic nitrogens is 2. The topological polar surface area (TPSA) is 83.8 Å². The first-order valence-corrected chi connectivity index (χ1v) is 4.75. The fourth-order valence-corrected chi connectivity index (χ4v) is 1.54. The second-order valence-electron chi connectivity index (χ2n) is 3.87. The van der Waals surface area contributed by atoms with Gasteiger partial charge in [-0.1, -0.05) is 0 Å². The largest absolute Gasteiger partial charge is 0.368 e. The van der Waals surface area contributed by atoms with Crippen LogP contribution in [0.15, 0.2) is 17.2 Å². The van der Waals surface area contributed by atoms with Gasteiger partial charge in [0.1, 0.15) is 5.82 Å². The van der Waals surface area contributed by atoms with Gasteiger partial charge in [0, 0.05) is 18.2 Å². The standard InChI is InChI=1S/C9H14N4O/c10-9(2-1-3-9)5-11-7-4-8(14)13-6-12-7/h4,6H,1-3,5,10H2,(H2,11,12,13,14). The summed E-state index contributed by atoms with van der Waals surface area (Å²) in [5, 5.41) is 3.07. The SMILES string of the molecule is NC1(CNc2cc(=O)[nH]cn2)CCC1. The van der Waals surface area contributed by atoms with Gasteiger partial charge >= 0.3 is 0 Å². The Morgan fingerprint density at radius 3 is 3.00 bits per heavy atom. The molecule has 0 atom stereocenters. The Morgan fingerprint density at radius 2 is 2.43 bits per heavy atom. The molecule has 0 bridgehead atoms. The molecular weight excluding hydrogens is 180 g/mol. The summed E-state index contributed by atoms with van der Waals surface area (Å²) in [5.74, 6) is 0.588. The fraction of sp³-hybridized carbons (Fsp3) is 0.556. The van der Waals surface area contributed by atoms with Crippen LogP contribution in [-0.4, -0.2) is 22.1 Å². The van der Waals surface area contributed by atoms with Gasteiger partial charge in [-0.05, 0) is 19.3 Å². The fourth-order valence-electron chi connectivity index (χ4n) is 1.54. The molecule has 0 unspecified atom stereocenters. The van der Waals surface area contributed by atoms with Crippen molar-refractivity contribution in [3.63, 3.8) is 0 Å². The van der Waals surface area contributed by atoms with E-state index in [1.165, 1.54) is 18.8 Å². The Balaban J connectivity index is 1.94. The van der Waals surface area contributed by atoms with Gasteiger partial charge in [0.25, 0.3) is 5.56 Å². The predicted octanol–water partition coefficient (Wildman–Crippen LogP) is 0.0632. The van der Waals surface area contributed by atoms with E-state index in [-0.39, 0.29) is 11.1 Å². The van der Waals surface area contributed by atoms with Crippen LogP contribution in [-0.2, 0) is 0 Å². The van der Waals surface area contributed by atoms with Gasteiger partial charge in [0.2, 0.25) is 0 Å². The Hall–Kier alpha value is -1.36. The zero-order chi connectivity index (χ0) is 10.0. The third-order valence-corrected chi connectivity index (χ3v) is 2.65. The first-order chi connectivity index (χ1) is 6.68. The lowest BCUT2D eigenvalue weighted by atomic mass is 9.78. The number of aromatic amines is 1. The average molecular weight is 194 g/mol. The summed E-state index contributed by atoms with van der Waals surface area (Å²) in [6.45, 7) is 0.684. The molecule has 1 aliphatic carbocycles. The van der Waals surface area contributed by atoms with E-state index in [9.17, 15) is 4.79 Å². The van der Waals surface area contributed by atoms with Gasteiger partial charge in [0.05, 0.1) is 6.33 Å². The lowest BCUT2D eigenvalue weighted by Crippen LogP contribution is -2.52. The third kappa shape index (κ3) is 1.93.